The standard InChI is InChI=1S/C14H25NO2S/c1-3-14(13(16)17)6-8-15(9-7-14)12-5-4-10-18-11(12)2/h11-12H,3-10H2,1-2H3,(H,16,17). The molecule has 2 fully saturated rings. The van der Waals surface area contributed by atoms with Crippen molar-refractivity contribution in [1.29, 1.82) is 0 Å². The summed E-state index contributed by atoms with van der Waals surface area (Å²) in [4.78, 5) is 14.0. The van der Waals surface area contributed by atoms with Gasteiger partial charge in [-0.3, -0.25) is 9.69 Å². The maximum absolute atomic E-state index is 11.4. The van der Waals surface area contributed by atoms with Crippen LogP contribution in [0.25, 0.3) is 0 Å². The average Bonchev–Trinajstić information content (AvgIpc) is 2.39. The molecule has 2 heterocycles. The van der Waals surface area contributed by atoms with Gasteiger partial charge in [0, 0.05) is 11.3 Å². The molecule has 0 aliphatic carbocycles. The molecule has 2 rings (SSSR count). The monoisotopic (exact) mass is 271 g/mol. The number of carboxylic acids is 1. The molecule has 2 unspecified atom stereocenters. The maximum Gasteiger partial charge on any atom is 0.309 e. The summed E-state index contributed by atoms with van der Waals surface area (Å²) in [5.74, 6) is 0.704. The molecule has 104 valence electrons. The molecule has 18 heavy (non-hydrogen) atoms. The third-order valence-electron chi connectivity index (χ3n) is 4.92. The minimum absolute atomic E-state index is 0.443. The van der Waals surface area contributed by atoms with Crippen molar-refractivity contribution in [3.63, 3.8) is 0 Å². The summed E-state index contributed by atoms with van der Waals surface area (Å²) in [7, 11) is 0. The number of piperidine rings is 1. The molecule has 1 N–H and O–H groups in total. The highest BCUT2D eigenvalue weighted by atomic mass is 32.2. The number of aliphatic carboxylic acids is 1. The van der Waals surface area contributed by atoms with E-state index in [1.165, 1.54) is 18.6 Å². The fraction of sp³-hybridized carbons (Fsp3) is 0.929. The van der Waals surface area contributed by atoms with Crippen molar-refractivity contribution in [3.8, 4) is 0 Å². The van der Waals surface area contributed by atoms with Gasteiger partial charge in [0.25, 0.3) is 0 Å². The Labute approximate surface area is 114 Å². The fourth-order valence-electron chi connectivity index (χ4n) is 3.39. The second-order valence-electron chi connectivity index (χ2n) is 5.76. The fourth-order valence-corrected chi connectivity index (χ4v) is 4.62. The van der Waals surface area contributed by atoms with Crippen LogP contribution in [0.1, 0.15) is 46.0 Å². The summed E-state index contributed by atoms with van der Waals surface area (Å²) >= 11 is 2.07. The van der Waals surface area contributed by atoms with Crippen LogP contribution in [-0.4, -0.2) is 46.1 Å². The first-order valence-electron chi connectivity index (χ1n) is 7.18. The number of likely N-dealkylation sites (tertiary alicyclic amines) is 1. The lowest BCUT2D eigenvalue weighted by molar-refractivity contribution is -0.152. The van der Waals surface area contributed by atoms with Gasteiger partial charge >= 0.3 is 5.97 Å². The number of nitrogens with zero attached hydrogens (tertiary/aromatic N) is 1. The van der Waals surface area contributed by atoms with E-state index in [1.807, 2.05) is 6.92 Å². The van der Waals surface area contributed by atoms with Gasteiger partial charge in [-0.1, -0.05) is 13.8 Å². The minimum atomic E-state index is -0.587. The van der Waals surface area contributed by atoms with Crippen molar-refractivity contribution in [3.05, 3.63) is 0 Å². The maximum atomic E-state index is 11.4. The largest absolute Gasteiger partial charge is 0.481 e. The predicted molar refractivity (Wildman–Crippen MR) is 76.1 cm³/mol. The molecule has 0 radical (unpaired) electrons. The van der Waals surface area contributed by atoms with Crippen LogP contribution in [0.3, 0.4) is 0 Å². The van der Waals surface area contributed by atoms with Crippen LogP contribution in [0.4, 0.5) is 0 Å². The summed E-state index contributed by atoms with van der Waals surface area (Å²) in [6, 6.07) is 0.674. The summed E-state index contributed by atoms with van der Waals surface area (Å²) < 4.78 is 0. The SMILES string of the molecule is CCC1(C(=O)O)CCN(C2CCCSC2C)CC1. The molecule has 0 aromatic rings. The Morgan fingerprint density at radius 2 is 2.11 bits per heavy atom. The smallest absolute Gasteiger partial charge is 0.309 e. The lowest BCUT2D eigenvalue weighted by Gasteiger charge is -2.44. The van der Waals surface area contributed by atoms with E-state index in [1.54, 1.807) is 0 Å². The van der Waals surface area contributed by atoms with Gasteiger partial charge in [0.2, 0.25) is 0 Å². The Morgan fingerprint density at radius 3 is 2.61 bits per heavy atom. The van der Waals surface area contributed by atoms with Crippen LogP contribution in [0.5, 0.6) is 0 Å². The zero-order valence-corrected chi connectivity index (χ0v) is 12.3. The van der Waals surface area contributed by atoms with Gasteiger partial charge < -0.3 is 5.11 Å². The molecule has 2 atom stereocenters. The highest BCUT2D eigenvalue weighted by Crippen LogP contribution is 2.38. The zero-order valence-electron chi connectivity index (χ0n) is 11.5. The third-order valence-corrected chi connectivity index (χ3v) is 6.29. The van der Waals surface area contributed by atoms with Gasteiger partial charge in [-0.25, -0.2) is 0 Å². The molecule has 2 saturated heterocycles. The minimum Gasteiger partial charge on any atom is -0.481 e. The van der Waals surface area contributed by atoms with Crippen molar-refractivity contribution in [2.75, 3.05) is 18.8 Å². The van der Waals surface area contributed by atoms with Crippen LogP contribution in [0, 0.1) is 5.41 Å². The number of carboxylic acid groups (broad SMARTS) is 1. The van der Waals surface area contributed by atoms with Crippen molar-refractivity contribution >= 4 is 17.7 Å². The van der Waals surface area contributed by atoms with Crippen LogP contribution in [0.15, 0.2) is 0 Å². The molecule has 0 spiro atoms. The number of thioether (sulfide) groups is 1. The molecule has 0 aromatic carbocycles. The number of carbonyl (C=O) groups is 1. The van der Waals surface area contributed by atoms with Crippen molar-refractivity contribution in [2.45, 2.75) is 57.2 Å². The van der Waals surface area contributed by atoms with E-state index < -0.39 is 11.4 Å². The molecule has 3 nitrogen and oxygen atoms in total. The lowest BCUT2D eigenvalue weighted by Crippen LogP contribution is -2.51. The number of hydrogen-bond donors (Lipinski definition) is 1. The molecule has 0 amide bonds. The first kappa shape index (κ1) is 14.2. The predicted octanol–water partition coefficient (Wildman–Crippen LogP) is 2.85. The third kappa shape index (κ3) is 2.69. The summed E-state index contributed by atoms with van der Waals surface area (Å²) in [6.07, 6.45) is 5.03. The van der Waals surface area contributed by atoms with E-state index in [-0.39, 0.29) is 0 Å². The molecule has 2 aliphatic rings. The van der Waals surface area contributed by atoms with Gasteiger partial charge in [-0.2, -0.15) is 11.8 Å². The quantitative estimate of drug-likeness (QED) is 0.857. The normalized spacial score (nSPS) is 33.2. The van der Waals surface area contributed by atoms with Crippen LogP contribution in [-0.2, 0) is 4.79 Å². The van der Waals surface area contributed by atoms with E-state index in [9.17, 15) is 9.90 Å². The van der Waals surface area contributed by atoms with Gasteiger partial charge in [-0.15, -0.1) is 0 Å². The van der Waals surface area contributed by atoms with Gasteiger partial charge in [0.15, 0.2) is 0 Å². The van der Waals surface area contributed by atoms with E-state index in [2.05, 4.69) is 23.6 Å². The molecule has 2 aliphatic heterocycles. The molecular weight excluding hydrogens is 246 g/mol. The highest BCUT2D eigenvalue weighted by Gasteiger charge is 2.41. The lowest BCUT2D eigenvalue weighted by atomic mass is 9.76. The first-order chi connectivity index (χ1) is 8.59. The van der Waals surface area contributed by atoms with E-state index in [0.29, 0.717) is 11.3 Å². The Balaban J connectivity index is 1.95. The van der Waals surface area contributed by atoms with E-state index >= 15 is 0 Å². The average molecular weight is 271 g/mol. The van der Waals surface area contributed by atoms with E-state index in [0.717, 1.165) is 32.4 Å². The van der Waals surface area contributed by atoms with Crippen molar-refractivity contribution in [1.82, 2.24) is 4.90 Å². The first-order valence-corrected chi connectivity index (χ1v) is 8.23. The Hall–Kier alpha value is -0.220. The van der Waals surface area contributed by atoms with Crippen molar-refractivity contribution < 1.29 is 9.90 Å². The Kier molecular flexibility index (Phi) is 4.59. The zero-order chi connectivity index (χ0) is 13.2. The molecular formula is C14H25NO2S. The van der Waals surface area contributed by atoms with Gasteiger partial charge in [0.05, 0.1) is 5.41 Å². The molecule has 0 aromatic heterocycles. The summed E-state index contributed by atoms with van der Waals surface area (Å²) in [6.45, 7) is 6.28. The van der Waals surface area contributed by atoms with Gasteiger partial charge in [0.1, 0.15) is 0 Å². The van der Waals surface area contributed by atoms with Crippen LogP contribution < -0.4 is 0 Å². The highest BCUT2D eigenvalue weighted by molar-refractivity contribution is 7.99. The number of rotatable bonds is 3. The molecule has 0 bridgehead atoms. The molecule has 0 saturated carbocycles. The summed E-state index contributed by atoms with van der Waals surface area (Å²) in [5.41, 5.74) is -0.443. The van der Waals surface area contributed by atoms with Crippen LogP contribution in [0.2, 0.25) is 0 Å². The number of hydrogen-bond acceptors (Lipinski definition) is 3. The second-order valence-corrected chi connectivity index (χ2v) is 7.25. The van der Waals surface area contributed by atoms with Gasteiger partial charge in [-0.05, 0) is 50.9 Å². The Bertz CT molecular complexity index is 300. The van der Waals surface area contributed by atoms with Crippen molar-refractivity contribution in [2.24, 2.45) is 5.41 Å². The Morgan fingerprint density at radius 1 is 1.44 bits per heavy atom. The summed E-state index contributed by atoms with van der Waals surface area (Å²) in [5, 5.41) is 10.1. The topological polar surface area (TPSA) is 40.5 Å². The van der Waals surface area contributed by atoms with E-state index in [4.69, 9.17) is 0 Å². The molecule has 4 heteroatoms. The second kappa shape index (κ2) is 5.83. The van der Waals surface area contributed by atoms with Crippen LogP contribution >= 0.6 is 11.8 Å².